The van der Waals surface area contributed by atoms with Gasteiger partial charge in [-0.15, -0.1) is 0 Å². The summed E-state index contributed by atoms with van der Waals surface area (Å²) < 4.78 is 0. The van der Waals surface area contributed by atoms with Crippen LogP contribution in [0.4, 0.5) is 0 Å². The van der Waals surface area contributed by atoms with Crippen molar-refractivity contribution in [3.8, 4) is 0 Å². The fourth-order valence-electron chi connectivity index (χ4n) is 1.77. The molecule has 3 heteroatoms. The van der Waals surface area contributed by atoms with Crippen molar-refractivity contribution in [1.82, 2.24) is 0 Å². The van der Waals surface area contributed by atoms with E-state index in [2.05, 4.69) is 0 Å². The number of carbonyl (C=O) groups is 1. The third kappa shape index (κ3) is 2.37. The molecule has 1 aliphatic rings. The average molecular weight is 241 g/mol. The molecular formula is C12H13ClOS. The molecule has 0 aromatic heterocycles. The van der Waals surface area contributed by atoms with Gasteiger partial charge >= 0.3 is 0 Å². The molecule has 15 heavy (non-hydrogen) atoms. The number of carbonyl (C=O) groups excluding carboxylic acids is 1. The fourth-order valence-corrected chi connectivity index (χ4v) is 3.12. The van der Waals surface area contributed by atoms with E-state index in [1.165, 1.54) is 0 Å². The highest BCUT2D eigenvalue weighted by Crippen LogP contribution is 2.29. The molecule has 0 amide bonds. The van der Waals surface area contributed by atoms with Crippen molar-refractivity contribution in [2.75, 3.05) is 5.75 Å². The van der Waals surface area contributed by atoms with Gasteiger partial charge in [0.2, 0.25) is 0 Å². The maximum Gasteiger partial charge on any atom is 0.175 e. The van der Waals surface area contributed by atoms with E-state index in [9.17, 15) is 4.79 Å². The minimum atomic E-state index is 0.172. The zero-order valence-electron chi connectivity index (χ0n) is 8.63. The zero-order valence-corrected chi connectivity index (χ0v) is 10.2. The van der Waals surface area contributed by atoms with Crippen molar-refractivity contribution < 1.29 is 4.79 Å². The lowest BCUT2D eigenvalue weighted by Crippen LogP contribution is -2.14. The number of hydrogen-bond donors (Lipinski definition) is 0. The summed E-state index contributed by atoms with van der Waals surface area (Å²) in [7, 11) is 0. The van der Waals surface area contributed by atoms with Crippen LogP contribution in [0.25, 0.3) is 0 Å². The highest BCUT2D eigenvalue weighted by atomic mass is 35.5. The quantitative estimate of drug-likeness (QED) is 0.733. The Bertz CT molecular complexity index is 383. The van der Waals surface area contributed by atoms with Crippen LogP contribution in [0.2, 0.25) is 5.02 Å². The first-order valence-electron chi connectivity index (χ1n) is 5.10. The van der Waals surface area contributed by atoms with Crippen LogP contribution < -0.4 is 0 Å². The molecule has 0 aliphatic carbocycles. The van der Waals surface area contributed by atoms with E-state index in [1.807, 2.05) is 25.1 Å². The number of Topliss-reactive ketones (excluding diaryl/α,β-unsaturated/α-hetero) is 1. The number of hydrogen-bond acceptors (Lipinski definition) is 2. The molecule has 1 nitrogen and oxygen atoms in total. The first-order valence-corrected chi connectivity index (χ1v) is 6.53. The fraction of sp³-hybridized carbons (Fsp3) is 0.417. The summed E-state index contributed by atoms with van der Waals surface area (Å²) in [6.45, 7) is 1.93. The van der Waals surface area contributed by atoms with Crippen LogP contribution in [-0.4, -0.2) is 16.8 Å². The lowest BCUT2D eigenvalue weighted by molar-refractivity contribution is 0.0988. The minimum Gasteiger partial charge on any atom is -0.293 e. The van der Waals surface area contributed by atoms with Gasteiger partial charge in [0.15, 0.2) is 5.78 Å². The van der Waals surface area contributed by atoms with Gasteiger partial charge < -0.3 is 0 Å². The van der Waals surface area contributed by atoms with Gasteiger partial charge in [-0.1, -0.05) is 11.6 Å². The molecule has 80 valence electrons. The monoisotopic (exact) mass is 240 g/mol. The third-order valence-electron chi connectivity index (χ3n) is 2.66. The van der Waals surface area contributed by atoms with Gasteiger partial charge in [0.1, 0.15) is 0 Å². The molecule has 1 aromatic rings. The van der Waals surface area contributed by atoms with E-state index in [4.69, 9.17) is 11.6 Å². The summed E-state index contributed by atoms with van der Waals surface area (Å²) in [6, 6.07) is 5.53. The predicted molar refractivity (Wildman–Crippen MR) is 66.0 cm³/mol. The maximum absolute atomic E-state index is 12.0. The summed E-state index contributed by atoms with van der Waals surface area (Å²) in [6.07, 6.45) is 2.18. The molecule has 1 unspecified atom stereocenters. The smallest absolute Gasteiger partial charge is 0.175 e. The summed E-state index contributed by atoms with van der Waals surface area (Å²) >= 11 is 7.70. The van der Waals surface area contributed by atoms with Crippen LogP contribution in [0.5, 0.6) is 0 Å². The molecule has 1 heterocycles. The Hall–Kier alpha value is -0.470. The SMILES string of the molecule is Cc1cc(C(=O)C2CCCS2)ccc1Cl. The van der Waals surface area contributed by atoms with Crippen LogP contribution in [0.3, 0.4) is 0 Å². The Balaban J connectivity index is 2.21. The first kappa shape index (κ1) is 11.0. The number of aryl methyl sites for hydroxylation is 1. The van der Waals surface area contributed by atoms with Crippen LogP contribution in [0.15, 0.2) is 18.2 Å². The molecule has 0 N–H and O–H groups in total. The van der Waals surface area contributed by atoms with E-state index in [-0.39, 0.29) is 11.0 Å². The molecule has 1 atom stereocenters. The lowest BCUT2D eigenvalue weighted by Gasteiger charge is -2.08. The van der Waals surface area contributed by atoms with E-state index in [0.717, 1.165) is 34.7 Å². The second-order valence-electron chi connectivity index (χ2n) is 3.83. The number of benzene rings is 1. The molecule has 1 fully saturated rings. The molecule has 0 radical (unpaired) electrons. The normalized spacial score (nSPS) is 20.5. The van der Waals surface area contributed by atoms with E-state index in [0.29, 0.717) is 0 Å². The van der Waals surface area contributed by atoms with Gasteiger partial charge in [-0.3, -0.25) is 4.79 Å². The van der Waals surface area contributed by atoms with Crippen molar-refractivity contribution in [2.45, 2.75) is 25.0 Å². The van der Waals surface area contributed by atoms with Crippen LogP contribution in [0.1, 0.15) is 28.8 Å². The third-order valence-corrected chi connectivity index (χ3v) is 4.47. The minimum absolute atomic E-state index is 0.172. The van der Waals surface area contributed by atoms with E-state index in [1.54, 1.807) is 11.8 Å². The van der Waals surface area contributed by atoms with Gasteiger partial charge in [-0.25, -0.2) is 0 Å². The number of rotatable bonds is 2. The van der Waals surface area contributed by atoms with Gasteiger partial charge in [0.05, 0.1) is 5.25 Å². The van der Waals surface area contributed by atoms with Crippen LogP contribution in [0, 0.1) is 6.92 Å². The molecule has 1 aliphatic heterocycles. The maximum atomic E-state index is 12.0. The average Bonchev–Trinajstić information content (AvgIpc) is 2.74. The van der Waals surface area contributed by atoms with Gasteiger partial charge in [0.25, 0.3) is 0 Å². The first-order chi connectivity index (χ1) is 7.18. The van der Waals surface area contributed by atoms with Crippen LogP contribution >= 0.6 is 23.4 Å². The van der Waals surface area contributed by atoms with Crippen molar-refractivity contribution in [2.24, 2.45) is 0 Å². The molecule has 0 bridgehead atoms. The number of thioether (sulfide) groups is 1. The van der Waals surface area contributed by atoms with Crippen molar-refractivity contribution in [3.05, 3.63) is 34.3 Å². The van der Waals surface area contributed by atoms with Crippen molar-refractivity contribution in [3.63, 3.8) is 0 Å². The zero-order chi connectivity index (χ0) is 10.8. The number of ketones is 1. The molecule has 0 spiro atoms. The largest absolute Gasteiger partial charge is 0.293 e. The summed E-state index contributed by atoms with van der Waals surface area (Å²) in [5.74, 6) is 1.38. The molecule has 1 aromatic carbocycles. The van der Waals surface area contributed by atoms with Crippen molar-refractivity contribution >= 4 is 29.1 Å². The van der Waals surface area contributed by atoms with E-state index >= 15 is 0 Å². The summed E-state index contributed by atoms with van der Waals surface area (Å²) in [5.41, 5.74) is 1.78. The van der Waals surface area contributed by atoms with E-state index < -0.39 is 0 Å². The predicted octanol–water partition coefficient (Wildman–Crippen LogP) is 3.73. The molecule has 1 saturated heterocycles. The van der Waals surface area contributed by atoms with Gasteiger partial charge in [-0.2, -0.15) is 11.8 Å². The Morgan fingerprint density at radius 1 is 1.53 bits per heavy atom. The number of halogens is 1. The standard InChI is InChI=1S/C12H13ClOS/c1-8-7-9(4-5-10(8)13)12(14)11-3-2-6-15-11/h4-5,7,11H,2-3,6H2,1H3. The summed E-state index contributed by atoms with van der Waals surface area (Å²) in [4.78, 5) is 12.0. The molecule has 0 saturated carbocycles. The Morgan fingerprint density at radius 3 is 2.93 bits per heavy atom. The second kappa shape index (κ2) is 4.58. The molecule has 2 rings (SSSR count). The second-order valence-corrected chi connectivity index (χ2v) is 5.55. The van der Waals surface area contributed by atoms with Crippen LogP contribution in [-0.2, 0) is 0 Å². The summed E-state index contributed by atoms with van der Waals surface area (Å²) in [5, 5.41) is 0.899. The van der Waals surface area contributed by atoms with Gasteiger partial charge in [0, 0.05) is 10.6 Å². The Kier molecular flexibility index (Phi) is 3.37. The highest BCUT2D eigenvalue weighted by Gasteiger charge is 2.24. The van der Waals surface area contributed by atoms with Gasteiger partial charge in [-0.05, 0) is 49.3 Å². The molecular weight excluding hydrogens is 228 g/mol. The lowest BCUT2D eigenvalue weighted by atomic mass is 10.0. The highest BCUT2D eigenvalue weighted by molar-refractivity contribution is 8.00. The topological polar surface area (TPSA) is 17.1 Å². The Labute approximate surface area is 99.2 Å². The Morgan fingerprint density at radius 2 is 2.33 bits per heavy atom. The van der Waals surface area contributed by atoms with Crippen molar-refractivity contribution in [1.29, 1.82) is 0 Å².